The quantitative estimate of drug-likeness (QED) is 0.792. The number of carboxylic acids is 1. The van der Waals surface area contributed by atoms with Gasteiger partial charge in [0.2, 0.25) is 10.0 Å². The summed E-state index contributed by atoms with van der Waals surface area (Å²) in [6, 6.07) is 1.76. The molecule has 20 heavy (non-hydrogen) atoms. The van der Waals surface area contributed by atoms with Crippen LogP contribution in [0.2, 0.25) is 5.02 Å². The molecule has 0 aliphatic heterocycles. The van der Waals surface area contributed by atoms with Gasteiger partial charge in [-0.25, -0.2) is 12.8 Å². The molecule has 0 aliphatic rings. The summed E-state index contributed by atoms with van der Waals surface area (Å²) < 4.78 is 39.5. The van der Waals surface area contributed by atoms with Gasteiger partial charge in [-0.15, -0.1) is 0 Å². The number of carbonyl (C=O) groups is 1. The Morgan fingerprint density at radius 1 is 1.55 bits per heavy atom. The number of sulfonamides is 1. The van der Waals surface area contributed by atoms with E-state index < -0.39 is 32.7 Å². The summed E-state index contributed by atoms with van der Waals surface area (Å²) in [4.78, 5) is 10.4. The van der Waals surface area contributed by atoms with Gasteiger partial charge in [-0.05, 0) is 36.6 Å². The summed E-state index contributed by atoms with van der Waals surface area (Å²) in [6.45, 7) is 0. The predicted octanol–water partition coefficient (Wildman–Crippen LogP) is 1.96. The van der Waals surface area contributed by atoms with Gasteiger partial charge in [-0.1, -0.05) is 11.6 Å². The van der Waals surface area contributed by atoms with E-state index >= 15 is 0 Å². The van der Waals surface area contributed by atoms with Crippen molar-refractivity contribution in [3.8, 4) is 0 Å². The molecule has 1 rings (SSSR count). The fourth-order valence-electron chi connectivity index (χ4n) is 1.41. The Hall–Kier alpha value is -0.830. The van der Waals surface area contributed by atoms with Gasteiger partial charge in [-0.2, -0.15) is 16.5 Å². The average Bonchev–Trinajstić information content (AvgIpc) is 2.33. The number of halogens is 2. The molecule has 2 N–H and O–H groups in total. The number of thioether (sulfide) groups is 1. The molecular formula is C11H13ClFNO4S2. The Kier molecular flexibility index (Phi) is 6.25. The highest BCUT2D eigenvalue weighted by atomic mass is 35.5. The smallest absolute Gasteiger partial charge is 0.321 e. The van der Waals surface area contributed by atoms with E-state index in [0.717, 1.165) is 12.1 Å². The largest absolute Gasteiger partial charge is 0.480 e. The second-order valence-electron chi connectivity index (χ2n) is 3.87. The maximum Gasteiger partial charge on any atom is 0.321 e. The first-order valence-corrected chi connectivity index (χ1v) is 8.72. The van der Waals surface area contributed by atoms with Gasteiger partial charge in [0.1, 0.15) is 16.8 Å². The summed E-state index contributed by atoms with van der Waals surface area (Å²) in [5.41, 5.74) is 0. The molecular weight excluding hydrogens is 329 g/mol. The van der Waals surface area contributed by atoms with E-state index in [1.165, 1.54) is 17.8 Å². The van der Waals surface area contributed by atoms with E-state index in [0.29, 0.717) is 5.75 Å². The summed E-state index contributed by atoms with van der Waals surface area (Å²) in [5, 5.41) is 9.03. The fraction of sp³-hybridized carbons (Fsp3) is 0.364. The van der Waals surface area contributed by atoms with Crippen molar-refractivity contribution in [2.75, 3.05) is 12.0 Å². The number of rotatable bonds is 7. The molecule has 1 aromatic carbocycles. The van der Waals surface area contributed by atoms with Crippen LogP contribution in [-0.2, 0) is 14.8 Å². The van der Waals surface area contributed by atoms with Crippen LogP contribution in [0.4, 0.5) is 4.39 Å². The molecule has 0 spiro atoms. The summed E-state index contributed by atoms with van der Waals surface area (Å²) in [6.07, 6.45) is 1.87. The average molecular weight is 342 g/mol. The highest BCUT2D eigenvalue weighted by molar-refractivity contribution is 7.98. The lowest BCUT2D eigenvalue weighted by molar-refractivity contribution is -0.139. The van der Waals surface area contributed by atoms with Gasteiger partial charge in [0.05, 0.1) is 0 Å². The van der Waals surface area contributed by atoms with Crippen molar-refractivity contribution in [2.24, 2.45) is 0 Å². The lowest BCUT2D eigenvalue weighted by atomic mass is 10.2. The summed E-state index contributed by atoms with van der Waals surface area (Å²) in [5.74, 6) is -1.88. The highest BCUT2D eigenvalue weighted by Crippen LogP contribution is 2.19. The molecule has 0 aromatic heterocycles. The summed E-state index contributed by atoms with van der Waals surface area (Å²) in [7, 11) is -4.26. The van der Waals surface area contributed by atoms with Crippen molar-refractivity contribution in [2.45, 2.75) is 17.4 Å². The predicted molar refractivity (Wildman–Crippen MR) is 76.2 cm³/mol. The topological polar surface area (TPSA) is 83.5 Å². The van der Waals surface area contributed by atoms with E-state index in [9.17, 15) is 17.6 Å². The first-order chi connectivity index (χ1) is 9.27. The highest BCUT2D eigenvalue weighted by Gasteiger charge is 2.27. The van der Waals surface area contributed by atoms with Crippen LogP contribution in [0.25, 0.3) is 0 Å². The van der Waals surface area contributed by atoms with E-state index in [1.807, 2.05) is 4.72 Å². The molecule has 0 bridgehead atoms. The van der Waals surface area contributed by atoms with Crippen LogP contribution in [0.15, 0.2) is 23.1 Å². The van der Waals surface area contributed by atoms with Gasteiger partial charge >= 0.3 is 5.97 Å². The molecule has 0 radical (unpaired) electrons. The lowest BCUT2D eigenvalue weighted by Crippen LogP contribution is -2.41. The van der Waals surface area contributed by atoms with Gasteiger partial charge in [-0.3, -0.25) is 4.79 Å². The van der Waals surface area contributed by atoms with E-state index in [-0.39, 0.29) is 11.4 Å². The second-order valence-corrected chi connectivity index (χ2v) is 6.97. The third-order valence-electron chi connectivity index (χ3n) is 2.39. The van der Waals surface area contributed by atoms with Crippen LogP contribution in [0.5, 0.6) is 0 Å². The summed E-state index contributed by atoms with van der Waals surface area (Å²) >= 11 is 6.92. The van der Waals surface area contributed by atoms with E-state index in [1.54, 1.807) is 6.26 Å². The van der Waals surface area contributed by atoms with Gasteiger partial charge in [0.15, 0.2) is 0 Å². The normalized spacial score (nSPS) is 13.2. The minimum absolute atomic E-state index is 0.0543. The van der Waals surface area contributed by atoms with Crippen molar-refractivity contribution < 1.29 is 22.7 Å². The number of carboxylic acid groups (broad SMARTS) is 1. The maximum absolute atomic E-state index is 13.6. The molecule has 0 saturated heterocycles. The molecule has 0 amide bonds. The zero-order valence-electron chi connectivity index (χ0n) is 10.5. The Morgan fingerprint density at radius 3 is 2.70 bits per heavy atom. The zero-order valence-corrected chi connectivity index (χ0v) is 12.9. The first-order valence-electron chi connectivity index (χ1n) is 5.47. The molecule has 112 valence electrons. The third kappa shape index (κ3) is 4.62. The van der Waals surface area contributed by atoms with Gasteiger partial charge in [0, 0.05) is 5.02 Å². The molecule has 0 heterocycles. The third-order valence-corrected chi connectivity index (χ3v) is 4.77. The monoisotopic (exact) mass is 341 g/mol. The molecule has 5 nitrogen and oxygen atoms in total. The van der Waals surface area contributed by atoms with Crippen LogP contribution in [0.3, 0.4) is 0 Å². The molecule has 1 aromatic rings. The zero-order chi connectivity index (χ0) is 15.3. The SMILES string of the molecule is CSCC[C@@H](NS(=O)(=O)c1ccc(Cl)cc1F)C(=O)O. The van der Waals surface area contributed by atoms with Gasteiger partial charge in [0.25, 0.3) is 0 Å². The number of hydrogen-bond acceptors (Lipinski definition) is 4. The van der Waals surface area contributed by atoms with Crippen LogP contribution in [0, 0.1) is 5.82 Å². The number of hydrogen-bond donors (Lipinski definition) is 2. The number of nitrogens with one attached hydrogen (secondary N) is 1. The Labute approximate surface area is 125 Å². The lowest BCUT2D eigenvalue weighted by Gasteiger charge is -2.14. The first kappa shape index (κ1) is 17.2. The van der Waals surface area contributed by atoms with Crippen molar-refractivity contribution in [1.29, 1.82) is 0 Å². The minimum Gasteiger partial charge on any atom is -0.480 e. The van der Waals surface area contributed by atoms with Crippen LogP contribution in [0.1, 0.15) is 6.42 Å². The molecule has 0 saturated carbocycles. The fourth-order valence-corrected chi connectivity index (χ4v) is 3.33. The van der Waals surface area contributed by atoms with Crippen molar-refractivity contribution in [3.05, 3.63) is 29.0 Å². The number of aliphatic carboxylic acids is 1. The van der Waals surface area contributed by atoms with Crippen LogP contribution in [-0.4, -0.2) is 37.5 Å². The van der Waals surface area contributed by atoms with Crippen LogP contribution >= 0.6 is 23.4 Å². The van der Waals surface area contributed by atoms with Crippen molar-refractivity contribution >= 4 is 39.4 Å². The molecule has 0 aliphatic carbocycles. The van der Waals surface area contributed by atoms with Crippen LogP contribution < -0.4 is 4.72 Å². The molecule has 9 heteroatoms. The molecule has 1 atom stereocenters. The number of benzene rings is 1. The molecule has 0 unspecified atom stereocenters. The van der Waals surface area contributed by atoms with Gasteiger partial charge < -0.3 is 5.11 Å². The van der Waals surface area contributed by atoms with Crippen molar-refractivity contribution in [3.63, 3.8) is 0 Å². The Balaban J connectivity index is 3.00. The second kappa shape index (κ2) is 7.26. The van der Waals surface area contributed by atoms with E-state index in [2.05, 4.69) is 0 Å². The standard InChI is InChI=1S/C11H13ClFNO4S2/c1-19-5-4-9(11(15)16)14-20(17,18)10-3-2-7(12)6-8(10)13/h2-3,6,9,14H,4-5H2,1H3,(H,15,16)/t9-/m1/s1. The minimum atomic E-state index is -4.26. The molecule has 0 fully saturated rings. The Morgan fingerprint density at radius 2 is 2.20 bits per heavy atom. The maximum atomic E-state index is 13.6. The van der Waals surface area contributed by atoms with Crippen molar-refractivity contribution in [1.82, 2.24) is 4.72 Å². The van der Waals surface area contributed by atoms with E-state index in [4.69, 9.17) is 16.7 Å². The Bertz CT molecular complexity index is 594.